The smallest absolute Gasteiger partial charge is 0.295 e. The molecule has 0 aliphatic carbocycles. The van der Waals surface area contributed by atoms with Crippen molar-refractivity contribution in [3.63, 3.8) is 0 Å². The summed E-state index contributed by atoms with van der Waals surface area (Å²) in [5.41, 5.74) is 0.980. The van der Waals surface area contributed by atoms with Crippen molar-refractivity contribution in [2.75, 3.05) is 7.11 Å². The molecule has 9 nitrogen and oxygen atoms in total. The summed E-state index contributed by atoms with van der Waals surface area (Å²) in [6.45, 7) is 2.70. The number of ether oxygens (including phenoxy) is 1. The maximum atomic E-state index is 12.3. The van der Waals surface area contributed by atoms with Crippen LogP contribution in [0.15, 0.2) is 52.7 Å². The van der Waals surface area contributed by atoms with Crippen LogP contribution in [0.3, 0.4) is 0 Å². The van der Waals surface area contributed by atoms with Gasteiger partial charge in [0.1, 0.15) is 5.75 Å². The van der Waals surface area contributed by atoms with E-state index in [9.17, 15) is 20.0 Å². The van der Waals surface area contributed by atoms with Crippen LogP contribution in [0.5, 0.6) is 11.6 Å². The second kappa shape index (κ2) is 9.17. The zero-order chi connectivity index (χ0) is 21.7. The quantitative estimate of drug-likeness (QED) is 0.231. The van der Waals surface area contributed by atoms with E-state index in [1.807, 2.05) is 6.07 Å². The van der Waals surface area contributed by atoms with Crippen molar-refractivity contribution in [1.82, 2.24) is 4.57 Å². The van der Waals surface area contributed by atoms with Crippen LogP contribution in [0.25, 0.3) is 10.9 Å². The second-order valence-corrected chi connectivity index (χ2v) is 6.72. The molecule has 9 heteroatoms. The first-order chi connectivity index (χ1) is 14.5. The number of hydrogen-bond acceptors (Lipinski definition) is 6. The van der Waals surface area contributed by atoms with Gasteiger partial charge in [0.2, 0.25) is 5.88 Å². The minimum Gasteiger partial charge on any atom is -0.497 e. The van der Waals surface area contributed by atoms with E-state index in [0.717, 1.165) is 24.8 Å². The summed E-state index contributed by atoms with van der Waals surface area (Å²) in [5.74, 6) is -0.153. The van der Waals surface area contributed by atoms with E-state index >= 15 is 0 Å². The van der Waals surface area contributed by atoms with Gasteiger partial charge in [0, 0.05) is 29.6 Å². The van der Waals surface area contributed by atoms with Gasteiger partial charge in [0.25, 0.3) is 11.6 Å². The number of unbranched alkanes of at least 4 members (excludes halogenated alkanes) is 2. The molecular formula is C21H22N4O5. The van der Waals surface area contributed by atoms with E-state index in [2.05, 4.69) is 17.2 Å². The zero-order valence-corrected chi connectivity index (χ0v) is 16.7. The fourth-order valence-electron chi connectivity index (χ4n) is 3.15. The Morgan fingerprint density at radius 1 is 1.20 bits per heavy atom. The third kappa shape index (κ3) is 4.29. The van der Waals surface area contributed by atoms with Crippen LogP contribution in [-0.4, -0.2) is 27.6 Å². The lowest BCUT2D eigenvalue weighted by atomic mass is 10.2. The van der Waals surface area contributed by atoms with Crippen LogP contribution in [0.4, 0.5) is 11.4 Å². The summed E-state index contributed by atoms with van der Waals surface area (Å²) >= 11 is 0. The van der Waals surface area contributed by atoms with Crippen LogP contribution in [-0.2, 0) is 6.54 Å². The normalized spacial score (nSPS) is 11.3. The van der Waals surface area contributed by atoms with E-state index in [0.29, 0.717) is 17.7 Å². The topological polar surface area (TPSA) is 119 Å². The first kappa shape index (κ1) is 21.0. The Labute approximate surface area is 172 Å². The number of amides is 1. The molecule has 0 fully saturated rings. The number of rotatable bonds is 8. The second-order valence-electron chi connectivity index (χ2n) is 6.72. The Bertz CT molecular complexity index is 1100. The van der Waals surface area contributed by atoms with Crippen LogP contribution in [0.1, 0.15) is 36.5 Å². The molecule has 0 saturated heterocycles. The fourth-order valence-corrected chi connectivity index (χ4v) is 3.15. The summed E-state index contributed by atoms with van der Waals surface area (Å²) in [7, 11) is 1.54. The lowest BCUT2D eigenvalue weighted by molar-refractivity contribution is -0.384. The number of methoxy groups -OCH3 is 1. The van der Waals surface area contributed by atoms with Gasteiger partial charge in [0.15, 0.2) is 5.69 Å². The van der Waals surface area contributed by atoms with Gasteiger partial charge in [-0.3, -0.25) is 14.9 Å². The lowest BCUT2D eigenvalue weighted by Crippen LogP contribution is -1.97. The minimum atomic E-state index is -0.668. The predicted molar refractivity (Wildman–Crippen MR) is 112 cm³/mol. The average Bonchev–Trinajstić information content (AvgIpc) is 3.02. The summed E-state index contributed by atoms with van der Waals surface area (Å²) in [5, 5.41) is 29.8. The van der Waals surface area contributed by atoms with E-state index in [1.165, 1.54) is 24.3 Å². The third-order valence-corrected chi connectivity index (χ3v) is 4.77. The highest BCUT2D eigenvalue weighted by atomic mass is 16.6. The number of hydrogen-bond donors (Lipinski definition) is 1. The molecule has 0 radical (unpaired) electrons. The van der Waals surface area contributed by atoms with Gasteiger partial charge >= 0.3 is 0 Å². The molecule has 3 aromatic rings. The largest absolute Gasteiger partial charge is 0.497 e. The highest BCUT2D eigenvalue weighted by Gasteiger charge is 2.18. The van der Waals surface area contributed by atoms with E-state index in [4.69, 9.17) is 4.74 Å². The Kier molecular flexibility index (Phi) is 6.41. The van der Waals surface area contributed by atoms with E-state index in [-0.39, 0.29) is 22.8 Å². The number of nitro benzene ring substituents is 1. The Balaban J connectivity index is 1.96. The van der Waals surface area contributed by atoms with Crippen LogP contribution < -0.4 is 4.74 Å². The summed E-state index contributed by atoms with van der Waals surface area (Å²) in [6, 6.07) is 10.4. The monoisotopic (exact) mass is 410 g/mol. The molecule has 0 atom stereocenters. The number of nitro groups is 1. The van der Waals surface area contributed by atoms with Crippen molar-refractivity contribution in [1.29, 1.82) is 0 Å². The number of benzene rings is 2. The van der Waals surface area contributed by atoms with Gasteiger partial charge in [0.05, 0.1) is 17.5 Å². The molecule has 2 aromatic carbocycles. The van der Waals surface area contributed by atoms with Gasteiger partial charge in [-0.2, -0.15) is 0 Å². The molecule has 3 rings (SSSR count). The number of carbonyl (C=O) groups is 1. The molecule has 0 spiro atoms. The van der Waals surface area contributed by atoms with Crippen LogP contribution in [0.2, 0.25) is 0 Å². The number of fused-ring (bicyclic) bond motifs is 1. The van der Waals surface area contributed by atoms with Crippen molar-refractivity contribution in [3.8, 4) is 11.6 Å². The molecule has 0 aliphatic heterocycles. The number of aromatic hydroxyl groups is 1. The zero-order valence-electron chi connectivity index (χ0n) is 16.7. The van der Waals surface area contributed by atoms with Gasteiger partial charge in [-0.1, -0.05) is 19.8 Å². The summed E-state index contributed by atoms with van der Waals surface area (Å²) < 4.78 is 7.01. The van der Waals surface area contributed by atoms with Crippen molar-refractivity contribution < 1.29 is 19.6 Å². The van der Waals surface area contributed by atoms with Gasteiger partial charge in [-0.15, -0.1) is 10.2 Å². The first-order valence-corrected chi connectivity index (χ1v) is 9.56. The van der Waals surface area contributed by atoms with Crippen LogP contribution >= 0.6 is 0 Å². The SMILES string of the molecule is CCCCCn1c(O)c(N=NC(=O)c2ccc([N+](=O)[O-])cc2)c2cc(OC)ccc21. The maximum absolute atomic E-state index is 12.3. The molecule has 156 valence electrons. The number of non-ortho nitro benzene ring substituents is 1. The number of azo groups is 1. The number of nitrogens with zero attached hydrogens (tertiary/aromatic N) is 4. The van der Waals surface area contributed by atoms with Gasteiger partial charge < -0.3 is 14.4 Å². The molecule has 0 bridgehead atoms. The van der Waals surface area contributed by atoms with Crippen molar-refractivity contribution in [2.45, 2.75) is 32.7 Å². The van der Waals surface area contributed by atoms with Crippen LogP contribution in [0, 0.1) is 10.1 Å². The molecule has 0 aliphatic rings. The molecule has 1 amide bonds. The van der Waals surface area contributed by atoms with Gasteiger partial charge in [-0.25, -0.2) is 0 Å². The maximum Gasteiger partial charge on any atom is 0.295 e. The molecule has 1 heterocycles. The number of carbonyl (C=O) groups excluding carboxylic acids is 1. The van der Waals surface area contributed by atoms with Crippen molar-refractivity contribution >= 4 is 28.2 Å². The summed E-state index contributed by atoms with van der Waals surface area (Å²) in [6.07, 6.45) is 2.95. The summed E-state index contributed by atoms with van der Waals surface area (Å²) in [4.78, 5) is 22.5. The van der Waals surface area contributed by atoms with Crippen molar-refractivity contribution in [2.24, 2.45) is 10.2 Å². The molecule has 0 saturated carbocycles. The highest BCUT2D eigenvalue weighted by Crippen LogP contribution is 2.40. The lowest BCUT2D eigenvalue weighted by Gasteiger charge is -2.06. The van der Waals surface area contributed by atoms with E-state index < -0.39 is 10.8 Å². The third-order valence-electron chi connectivity index (χ3n) is 4.77. The van der Waals surface area contributed by atoms with E-state index in [1.54, 1.807) is 23.8 Å². The predicted octanol–water partition coefficient (Wildman–Crippen LogP) is 5.38. The standard InChI is InChI=1S/C21H22N4O5/c1-3-4-5-12-24-18-11-10-16(30-2)13-17(18)19(21(24)27)22-23-20(26)14-6-8-15(9-7-14)25(28)29/h6-11,13,27H,3-5,12H2,1-2H3. The molecule has 30 heavy (non-hydrogen) atoms. The minimum absolute atomic E-state index is 0.0744. The number of aromatic nitrogens is 1. The average molecular weight is 410 g/mol. The Morgan fingerprint density at radius 2 is 1.93 bits per heavy atom. The first-order valence-electron chi connectivity index (χ1n) is 9.56. The molecular weight excluding hydrogens is 388 g/mol. The molecule has 0 unspecified atom stereocenters. The molecule has 1 aromatic heterocycles. The Hall–Kier alpha value is -3.75. The van der Waals surface area contributed by atoms with Crippen molar-refractivity contribution in [3.05, 3.63) is 58.1 Å². The molecule has 1 N–H and O–H groups in total. The van der Waals surface area contributed by atoms with Gasteiger partial charge in [-0.05, 0) is 36.8 Å². The fraction of sp³-hybridized carbons (Fsp3) is 0.286. The highest BCUT2D eigenvalue weighted by molar-refractivity contribution is 5.98. The number of aryl methyl sites for hydroxylation is 1. The Morgan fingerprint density at radius 3 is 2.57 bits per heavy atom.